The number of aryl methyl sites for hydroxylation is 2. The number of phenolic OH excluding ortho intramolecular Hbond substituents is 2. The number of phenols is 2. The van der Waals surface area contributed by atoms with Gasteiger partial charge in [-0.15, -0.1) is 0 Å². The molecule has 2 aromatic rings. The molecule has 0 aliphatic rings. The molecule has 0 saturated carbocycles. The summed E-state index contributed by atoms with van der Waals surface area (Å²) in [6.07, 6.45) is 4.74. The fraction of sp³-hybridized carbons (Fsp3) is 0.600. The van der Waals surface area contributed by atoms with Gasteiger partial charge in [-0.05, 0) is 76.6 Å². The van der Waals surface area contributed by atoms with Crippen LogP contribution in [0.15, 0.2) is 24.3 Å². The Hall–Kier alpha value is -1.96. The molecule has 0 amide bonds. The van der Waals surface area contributed by atoms with E-state index in [0.717, 1.165) is 35.1 Å². The fourth-order valence-electron chi connectivity index (χ4n) is 4.14. The second kappa shape index (κ2) is 11.3. The van der Waals surface area contributed by atoms with Crippen molar-refractivity contribution in [3.8, 4) is 11.5 Å². The SMILES string of the molecule is CCCC.CCCC(c1cc(C(C)(C)C)c(O)cc1C)c1cc(C(C)(C)C)c(O)cc1C. The molecule has 2 aromatic carbocycles. The summed E-state index contributed by atoms with van der Waals surface area (Å²) in [4.78, 5) is 0. The van der Waals surface area contributed by atoms with Crippen molar-refractivity contribution in [1.82, 2.24) is 0 Å². The quantitative estimate of drug-likeness (QED) is 0.487. The lowest BCUT2D eigenvalue weighted by Gasteiger charge is -2.29. The summed E-state index contributed by atoms with van der Waals surface area (Å²) in [7, 11) is 0. The molecule has 0 saturated heterocycles. The number of rotatable bonds is 5. The third-order valence-corrected chi connectivity index (χ3v) is 6.21. The summed E-state index contributed by atoms with van der Waals surface area (Å²) in [6, 6.07) is 8.24. The van der Waals surface area contributed by atoms with Crippen LogP contribution in [0.2, 0.25) is 0 Å². The largest absolute Gasteiger partial charge is 0.508 e. The van der Waals surface area contributed by atoms with Gasteiger partial charge in [0.25, 0.3) is 0 Å². The van der Waals surface area contributed by atoms with Gasteiger partial charge in [0, 0.05) is 5.92 Å². The summed E-state index contributed by atoms with van der Waals surface area (Å²) < 4.78 is 0. The third-order valence-electron chi connectivity index (χ3n) is 6.21. The molecular weight excluding hydrogens is 392 g/mol. The molecule has 0 heterocycles. The first-order chi connectivity index (χ1) is 14.7. The standard InChI is InChI=1S/C26H38O2.C4H10/c1-10-11-18(19-14-21(25(4,5)6)23(27)12-16(19)2)20-15-22(26(7,8)9)24(28)13-17(20)3;1-3-4-2/h12-15,18,27-28H,10-11H2,1-9H3;3-4H2,1-2H3. The van der Waals surface area contributed by atoms with Gasteiger partial charge in [-0.25, -0.2) is 0 Å². The Bertz CT molecular complexity index is 808. The van der Waals surface area contributed by atoms with Crippen molar-refractivity contribution >= 4 is 0 Å². The Morgan fingerprint density at radius 1 is 0.625 bits per heavy atom. The Morgan fingerprint density at radius 2 is 0.969 bits per heavy atom. The van der Waals surface area contributed by atoms with E-state index in [4.69, 9.17) is 0 Å². The van der Waals surface area contributed by atoms with Crippen LogP contribution in [0.4, 0.5) is 0 Å². The monoisotopic (exact) mass is 440 g/mol. The van der Waals surface area contributed by atoms with Crippen LogP contribution in [0.1, 0.15) is 127 Å². The van der Waals surface area contributed by atoms with Crippen LogP contribution < -0.4 is 0 Å². The number of unbranched alkanes of at least 4 members (excludes halogenated alkanes) is 1. The van der Waals surface area contributed by atoms with E-state index < -0.39 is 0 Å². The molecule has 0 aromatic heterocycles. The lowest BCUT2D eigenvalue weighted by atomic mass is 9.76. The predicted molar refractivity (Wildman–Crippen MR) is 140 cm³/mol. The van der Waals surface area contributed by atoms with Gasteiger partial charge in [0.15, 0.2) is 0 Å². The molecule has 0 aliphatic carbocycles. The minimum atomic E-state index is -0.121. The van der Waals surface area contributed by atoms with Crippen molar-refractivity contribution in [3.05, 3.63) is 57.6 Å². The van der Waals surface area contributed by atoms with Gasteiger partial charge < -0.3 is 10.2 Å². The maximum absolute atomic E-state index is 10.5. The average molecular weight is 441 g/mol. The van der Waals surface area contributed by atoms with E-state index in [1.165, 1.54) is 24.0 Å². The van der Waals surface area contributed by atoms with Crippen molar-refractivity contribution in [1.29, 1.82) is 0 Å². The normalized spacial score (nSPS) is 12.0. The van der Waals surface area contributed by atoms with Crippen LogP contribution in [-0.2, 0) is 10.8 Å². The van der Waals surface area contributed by atoms with Gasteiger partial charge >= 0.3 is 0 Å². The Labute approximate surface area is 198 Å². The summed E-state index contributed by atoms with van der Waals surface area (Å²) in [6.45, 7) is 23.6. The highest BCUT2D eigenvalue weighted by Gasteiger charge is 2.26. The van der Waals surface area contributed by atoms with E-state index in [2.05, 4.69) is 88.3 Å². The van der Waals surface area contributed by atoms with Gasteiger partial charge in [-0.1, -0.05) is 93.7 Å². The highest BCUT2D eigenvalue weighted by atomic mass is 16.3. The zero-order chi connectivity index (χ0) is 24.9. The Kier molecular flexibility index (Phi) is 9.87. The first kappa shape index (κ1) is 28.1. The summed E-state index contributed by atoms with van der Waals surface area (Å²) in [5.41, 5.74) is 6.52. The molecule has 2 N–H and O–H groups in total. The van der Waals surface area contributed by atoms with Crippen LogP contribution in [0.3, 0.4) is 0 Å². The second-order valence-corrected chi connectivity index (χ2v) is 11.3. The van der Waals surface area contributed by atoms with E-state index in [-0.39, 0.29) is 16.7 Å². The van der Waals surface area contributed by atoms with Crippen LogP contribution in [-0.4, -0.2) is 10.2 Å². The Morgan fingerprint density at radius 3 is 1.22 bits per heavy atom. The van der Waals surface area contributed by atoms with Crippen LogP contribution in [0.5, 0.6) is 11.5 Å². The molecular formula is C30H48O2. The summed E-state index contributed by atoms with van der Waals surface area (Å²) in [5, 5.41) is 21.1. The summed E-state index contributed by atoms with van der Waals surface area (Å²) >= 11 is 0. The number of aromatic hydroxyl groups is 2. The summed E-state index contributed by atoms with van der Waals surface area (Å²) in [5.74, 6) is 0.997. The lowest BCUT2D eigenvalue weighted by Crippen LogP contribution is -2.16. The van der Waals surface area contributed by atoms with Crippen LogP contribution in [0.25, 0.3) is 0 Å². The minimum Gasteiger partial charge on any atom is -0.508 e. The van der Waals surface area contributed by atoms with E-state index in [1.54, 1.807) is 0 Å². The van der Waals surface area contributed by atoms with Crippen molar-refractivity contribution in [2.75, 3.05) is 0 Å². The van der Waals surface area contributed by atoms with Crippen LogP contribution in [0, 0.1) is 13.8 Å². The van der Waals surface area contributed by atoms with Crippen molar-refractivity contribution < 1.29 is 10.2 Å². The van der Waals surface area contributed by atoms with Gasteiger partial charge in [0.1, 0.15) is 11.5 Å². The zero-order valence-electron chi connectivity index (χ0n) is 22.6. The second-order valence-electron chi connectivity index (χ2n) is 11.3. The van der Waals surface area contributed by atoms with Gasteiger partial charge in [-0.2, -0.15) is 0 Å². The molecule has 2 rings (SSSR count). The molecule has 0 atom stereocenters. The first-order valence-corrected chi connectivity index (χ1v) is 12.4. The molecule has 0 radical (unpaired) electrons. The van der Waals surface area contributed by atoms with Gasteiger partial charge in [0.05, 0.1) is 0 Å². The topological polar surface area (TPSA) is 40.5 Å². The average Bonchev–Trinajstić information content (AvgIpc) is 2.65. The molecule has 0 aliphatic heterocycles. The molecule has 0 fully saturated rings. The molecule has 180 valence electrons. The fourth-order valence-corrected chi connectivity index (χ4v) is 4.14. The molecule has 2 heteroatoms. The predicted octanol–water partition coefficient (Wildman–Crippen LogP) is 9.05. The highest BCUT2D eigenvalue weighted by molar-refractivity contribution is 5.52. The van der Waals surface area contributed by atoms with Gasteiger partial charge in [0.2, 0.25) is 0 Å². The highest BCUT2D eigenvalue weighted by Crippen LogP contribution is 2.42. The first-order valence-electron chi connectivity index (χ1n) is 12.4. The van der Waals surface area contributed by atoms with Crippen molar-refractivity contribution in [2.24, 2.45) is 0 Å². The third kappa shape index (κ3) is 7.02. The maximum Gasteiger partial charge on any atom is 0.119 e. The van der Waals surface area contributed by atoms with Gasteiger partial charge in [-0.3, -0.25) is 0 Å². The van der Waals surface area contributed by atoms with Crippen molar-refractivity contribution in [2.45, 2.75) is 119 Å². The van der Waals surface area contributed by atoms with Crippen molar-refractivity contribution in [3.63, 3.8) is 0 Å². The molecule has 0 bridgehead atoms. The molecule has 32 heavy (non-hydrogen) atoms. The molecule has 0 spiro atoms. The smallest absolute Gasteiger partial charge is 0.119 e. The van der Waals surface area contributed by atoms with E-state index in [9.17, 15) is 10.2 Å². The lowest BCUT2D eigenvalue weighted by molar-refractivity contribution is 0.445. The number of hydrogen-bond acceptors (Lipinski definition) is 2. The minimum absolute atomic E-state index is 0.121. The molecule has 2 nitrogen and oxygen atoms in total. The Balaban J connectivity index is 0.00000118. The zero-order valence-corrected chi connectivity index (χ0v) is 22.6. The molecule has 0 unspecified atom stereocenters. The maximum atomic E-state index is 10.5. The number of hydrogen-bond donors (Lipinski definition) is 2. The number of benzene rings is 2. The van der Waals surface area contributed by atoms with E-state index in [1.807, 2.05) is 12.1 Å². The van der Waals surface area contributed by atoms with Crippen LogP contribution >= 0.6 is 0 Å². The van der Waals surface area contributed by atoms with E-state index >= 15 is 0 Å². The van der Waals surface area contributed by atoms with E-state index in [0.29, 0.717) is 11.5 Å².